The molecule has 25 heavy (non-hydrogen) atoms. The highest BCUT2D eigenvalue weighted by molar-refractivity contribution is 6.66. The molecule has 1 aromatic carbocycles. The van der Waals surface area contributed by atoms with Gasteiger partial charge in [0, 0.05) is 25.2 Å². The van der Waals surface area contributed by atoms with Crippen molar-refractivity contribution in [2.45, 2.75) is 17.1 Å². The van der Waals surface area contributed by atoms with Crippen molar-refractivity contribution in [2.75, 3.05) is 38.1 Å². The van der Waals surface area contributed by atoms with Crippen LogP contribution in [-0.2, 0) is 3.79 Å². The maximum Gasteiger partial charge on any atom is 0.250 e. The van der Waals surface area contributed by atoms with Crippen LogP contribution < -0.4 is 4.90 Å². The van der Waals surface area contributed by atoms with E-state index in [-0.39, 0.29) is 5.82 Å². The summed E-state index contributed by atoms with van der Waals surface area (Å²) >= 11 is 18.2. The molecule has 8 heteroatoms. The van der Waals surface area contributed by atoms with Gasteiger partial charge in [-0.1, -0.05) is 64.6 Å². The predicted octanol–water partition coefficient (Wildman–Crippen LogP) is 3.82. The molecule has 1 fully saturated rings. The summed E-state index contributed by atoms with van der Waals surface area (Å²) in [6, 6.07) is 7.95. The van der Waals surface area contributed by atoms with Gasteiger partial charge in [0.25, 0.3) is 0 Å². The SMILES string of the molecule is Cc1ccc(-c2nc(N3CCCN(C)CC3)nc(C(Cl)(Cl)Cl)n2)cc1. The smallest absolute Gasteiger partial charge is 0.250 e. The molecule has 0 radical (unpaired) electrons. The molecule has 0 aliphatic carbocycles. The van der Waals surface area contributed by atoms with E-state index in [4.69, 9.17) is 34.8 Å². The first-order valence-electron chi connectivity index (χ1n) is 8.17. The average molecular weight is 401 g/mol. The Morgan fingerprint density at radius 3 is 2.32 bits per heavy atom. The van der Waals surface area contributed by atoms with Gasteiger partial charge in [-0.3, -0.25) is 0 Å². The van der Waals surface area contributed by atoms with Gasteiger partial charge in [0.15, 0.2) is 11.6 Å². The second-order valence-corrected chi connectivity index (χ2v) is 8.57. The maximum atomic E-state index is 6.06. The molecule has 0 amide bonds. The number of nitrogens with zero attached hydrogens (tertiary/aromatic N) is 5. The van der Waals surface area contributed by atoms with Gasteiger partial charge in [-0.15, -0.1) is 0 Å². The van der Waals surface area contributed by atoms with Crippen LogP contribution in [0.3, 0.4) is 0 Å². The zero-order valence-corrected chi connectivity index (χ0v) is 16.5. The summed E-state index contributed by atoms with van der Waals surface area (Å²) in [4.78, 5) is 17.9. The first-order valence-corrected chi connectivity index (χ1v) is 9.30. The van der Waals surface area contributed by atoms with Gasteiger partial charge < -0.3 is 9.80 Å². The number of benzene rings is 1. The molecule has 0 saturated carbocycles. The highest BCUT2D eigenvalue weighted by Crippen LogP contribution is 2.37. The van der Waals surface area contributed by atoms with Crippen LogP contribution in [0.5, 0.6) is 0 Å². The highest BCUT2D eigenvalue weighted by atomic mass is 35.6. The lowest BCUT2D eigenvalue weighted by molar-refractivity contribution is 0.360. The minimum Gasteiger partial charge on any atom is -0.339 e. The summed E-state index contributed by atoms with van der Waals surface area (Å²) in [6.45, 7) is 5.70. The van der Waals surface area contributed by atoms with Gasteiger partial charge in [-0.2, -0.15) is 9.97 Å². The summed E-state index contributed by atoms with van der Waals surface area (Å²) in [5.74, 6) is 1.22. The number of aromatic nitrogens is 3. The van der Waals surface area contributed by atoms with E-state index in [1.807, 2.05) is 31.2 Å². The van der Waals surface area contributed by atoms with E-state index >= 15 is 0 Å². The molecule has 5 nitrogen and oxygen atoms in total. The minimum atomic E-state index is -1.69. The third kappa shape index (κ3) is 4.73. The number of anilines is 1. The lowest BCUT2D eigenvalue weighted by atomic mass is 10.1. The Labute approximate surface area is 162 Å². The summed E-state index contributed by atoms with van der Waals surface area (Å²) < 4.78 is -1.69. The Kier molecular flexibility index (Phi) is 5.68. The molecule has 0 bridgehead atoms. The molecular formula is C17H20Cl3N5. The third-order valence-corrected chi connectivity index (χ3v) is 4.70. The number of rotatable bonds is 2. The van der Waals surface area contributed by atoms with E-state index in [2.05, 4.69) is 31.8 Å². The fraction of sp³-hybridized carbons (Fsp3) is 0.471. The number of halogens is 3. The van der Waals surface area contributed by atoms with Gasteiger partial charge in [-0.25, -0.2) is 4.98 Å². The van der Waals surface area contributed by atoms with E-state index in [1.54, 1.807) is 0 Å². The Balaban J connectivity index is 2.02. The summed E-state index contributed by atoms with van der Waals surface area (Å²) in [5.41, 5.74) is 2.03. The number of likely N-dealkylation sites (N-methyl/N-ethyl adjacent to an activating group) is 1. The predicted molar refractivity (Wildman–Crippen MR) is 104 cm³/mol. The first kappa shape index (κ1) is 18.6. The number of alkyl halides is 3. The van der Waals surface area contributed by atoms with Crippen molar-refractivity contribution >= 4 is 40.8 Å². The van der Waals surface area contributed by atoms with Crippen molar-refractivity contribution in [3.05, 3.63) is 35.7 Å². The van der Waals surface area contributed by atoms with Crippen LogP contribution in [0.15, 0.2) is 24.3 Å². The summed E-state index contributed by atoms with van der Waals surface area (Å²) in [7, 11) is 2.11. The van der Waals surface area contributed by atoms with Crippen molar-refractivity contribution in [2.24, 2.45) is 0 Å². The molecule has 3 rings (SSSR count). The van der Waals surface area contributed by atoms with Crippen LogP contribution in [0, 0.1) is 6.92 Å². The second kappa shape index (κ2) is 7.62. The molecule has 1 aliphatic rings. The van der Waals surface area contributed by atoms with Gasteiger partial charge in [-0.05, 0) is 26.9 Å². The van der Waals surface area contributed by atoms with E-state index in [9.17, 15) is 0 Å². The molecule has 0 atom stereocenters. The van der Waals surface area contributed by atoms with Crippen LogP contribution in [-0.4, -0.2) is 53.1 Å². The maximum absolute atomic E-state index is 6.06. The Bertz CT molecular complexity index is 730. The normalized spacial score (nSPS) is 16.8. The Morgan fingerprint density at radius 2 is 1.64 bits per heavy atom. The van der Waals surface area contributed by atoms with Crippen molar-refractivity contribution in [1.82, 2.24) is 19.9 Å². The fourth-order valence-corrected chi connectivity index (χ4v) is 2.96. The number of aryl methyl sites for hydroxylation is 1. The lowest BCUT2D eigenvalue weighted by Crippen LogP contribution is -2.31. The standard InChI is InChI=1S/C17H20Cl3N5/c1-12-4-6-13(7-5-12)14-21-15(17(18,19)20)23-16(22-14)25-9-3-8-24(2)10-11-25/h4-7H,3,8-11H2,1-2H3. The molecule has 1 aliphatic heterocycles. The third-order valence-electron chi connectivity index (χ3n) is 4.19. The lowest BCUT2D eigenvalue weighted by Gasteiger charge is -2.22. The zero-order chi connectivity index (χ0) is 18.0. The van der Waals surface area contributed by atoms with Crippen molar-refractivity contribution < 1.29 is 0 Å². The van der Waals surface area contributed by atoms with Gasteiger partial charge in [0.1, 0.15) is 0 Å². The average Bonchev–Trinajstić information content (AvgIpc) is 2.79. The molecule has 2 heterocycles. The molecule has 0 unspecified atom stereocenters. The van der Waals surface area contributed by atoms with E-state index in [1.165, 1.54) is 0 Å². The topological polar surface area (TPSA) is 45.2 Å². The quantitative estimate of drug-likeness (QED) is 0.717. The molecule has 1 saturated heterocycles. The molecule has 1 aromatic heterocycles. The van der Waals surface area contributed by atoms with Crippen molar-refractivity contribution in [3.8, 4) is 11.4 Å². The van der Waals surface area contributed by atoms with Crippen LogP contribution in [0.25, 0.3) is 11.4 Å². The summed E-state index contributed by atoms with van der Waals surface area (Å²) in [6.07, 6.45) is 1.03. The van der Waals surface area contributed by atoms with Crippen LogP contribution >= 0.6 is 34.8 Å². The first-order chi connectivity index (χ1) is 11.8. The monoisotopic (exact) mass is 399 g/mol. The molecule has 0 spiro atoms. The van der Waals surface area contributed by atoms with Crippen molar-refractivity contribution in [1.29, 1.82) is 0 Å². The summed E-state index contributed by atoms with van der Waals surface area (Å²) in [5, 5.41) is 0. The van der Waals surface area contributed by atoms with Crippen LogP contribution in [0.4, 0.5) is 5.95 Å². The van der Waals surface area contributed by atoms with Gasteiger partial charge >= 0.3 is 0 Å². The molecule has 134 valence electrons. The van der Waals surface area contributed by atoms with E-state index in [0.717, 1.165) is 43.7 Å². The van der Waals surface area contributed by atoms with E-state index < -0.39 is 3.79 Å². The van der Waals surface area contributed by atoms with Gasteiger partial charge in [0.2, 0.25) is 9.74 Å². The van der Waals surface area contributed by atoms with Crippen molar-refractivity contribution in [3.63, 3.8) is 0 Å². The second-order valence-electron chi connectivity index (χ2n) is 6.29. The number of hydrogen-bond acceptors (Lipinski definition) is 5. The van der Waals surface area contributed by atoms with Crippen LogP contribution in [0.1, 0.15) is 17.8 Å². The minimum absolute atomic E-state index is 0.149. The Hall–Kier alpha value is -1.14. The highest BCUT2D eigenvalue weighted by Gasteiger charge is 2.29. The largest absolute Gasteiger partial charge is 0.339 e. The van der Waals surface area contributed by atoms with Gasteiger partial charge in [0.05, 0.1) is 0 Å². The molecule has 2 aromatic rings. The Morgan fingerprint density at radius 1 is 0.920 bits per heavy atom. The number of hydrogen-bond donors (Lipinski definition) is 0. The molecule has 0 N–H and O–H groups in total. The fourth-order valence-electron chi connectivity index (χ4n) is 2.71. The molecular weight excluding hydrogens is 381 g/mol. The van der Waals surface area contributed by atoms with Crippen LogP contribution in [0.2, 0.25) is 0 Å². The van der Waals surface area contributed by atoms with E-state index in [0.29, 0.717) is 11.8 Å². The zero-order valence-electron chi connectivity index (χ0n) is 14.2.